The van der Waals surface area contributed by atoms with Crippen molar-refractivity contribution in [3.63, 3.8) is 0 Å². The number of nitrogens with two attached hydrogens (primary N) is 1. The zero-order valence-corrected chi connectivity index (χ0v) is 11.0. The van der Waals surface area contributed by atoms with Gasteiger partial charge in [0.1, 0.15) is 5.75 Å². The molecule has 0 atom stereocenters. The molecule has 102 valence electrons. The van der Waals surface area contributed by atoms with Crippen LogP contribution < -0.4 is 15.8 Å². The van der Waals surface area contributed by atoms with Gasteiger partial charge in [-0.2, -0.15) is 0 Å². The summed E-state index contributed by atoms with van der Waals surface area (Å²) in [5, 5.41) is 7.00. The summed E-state index contributed by atoms with van der Waals surface area (Å²) in [6.07, 6.45) is 1.67. The van der Waals surface area contributed by atoms with E-state index in [1.807, 2.05) is 30.3 Å². The van der Waals surface area contributed by atoms with Crippen LogP contribution in [-0.4, -0.2) is 17.3 Å². The first-order valence-electron chi connectivity index (χ1n) is 6.14. The molecule has 0 spiro atoms. The lowest BCUT2D eigenvalue weighted by molar-refractivity contribution is 0.414. The molecular weight excluding hydrogens is 256 g/mol. The Balaban J connectivity index is 1.79. The van der Waals surface area contributed by atoms with E-state index >= 15 is 0 Å². The fourth-order valence-electron chi connectivity index (χ4n) is 1.94. The standard InChI is InChI=1S/C14H14N4O2/c1-19-10-4-2-9(3-5-10)8-17-11-6-7-16-12-13(11)20-18-14(12)15/h2-7H,8H2,1H3,(H2,15,18)(H,16,17). The average molecular weight is 270 g/mol. The maximum atomic E-state index is 5.68. The number of hydrogen-bond acceptors (Lipinski definition) is 6. The van der Waals surface area contributed by atoms with Crippen molar-refractivity contribution in [3.8, 4) is 5.75 Å². The summed E-state index contributed by atoms with van der Waals surface area (Å²) in [6.45, 7) is 0.656. The van der Waals surface area contributed by atoms with Crippen molar-refractivity contribution in [2.45, 2.75) is 6.54 Å². The second kappa shape index (κ2) is 5.08. The Labute approximate surface area is 115 Å². The van der Waals surface area contributed by atoms with E-state index in [0.717, 1.165) is 17.0 Å². The van der Waals surface area contributed by atoms with Crippen LogP contribution in [0.4, 0.5) is 11.5 Å². The molecule has 1 aromatic carbocycles. The molecule has 3 N–H and O–H groups in total. The number of rotatable bonds is 4. The summed E-state index contributed by atoms with van der Waals surface area (Å²) in [5.41, 5.74) is 8.76. The van der Waals surface area contributed by atoms with Crippen LogP contribution in [0, 0.1) is 0 Å². The van der Waals surface area contributed by atoms with Crippen molar-refractivity contribution in [2.24, 2.45) is 0 Å². The summed E-state index contributed by atoms with van der Waals surface area (Å²) in [5.74, 6) is 1.14. The fourth-order valence-corrected chi connectivity index (χ4v) is 1.94. The van der Waals surface area contributed by atoms with Crippen molar-refractivity contribution in [3.05, 3.63) is 42.1 Å². The first-order chi connectivity index (χ1) is 9.78. The normalized spacial score (nSPS) is 10.7. The highest BCUT2D eigenvalue weighted by molar-refractivity contribution is 5.91. The second-order valence-electron chi connectivity index (χ2n) is 4.31. The maximum Gasteiger partial charge on any atom is 0.210 e. The van der Waals surface area contributed by atoms with Gasteiger partial charge < -0.3 is 20.3 Å². The molecule has 6 nitrogen and oxygen atoms in total. The highest BCUT2D eigenvalue weighted by atomic mass is 16.5. The average Bonchev–Trinajstić information content (AvgIpc) is 2.88. The number of methoxy groups -OCH3 is 1. The highest BCUT2D eigenvalue weighted by Crippen LogP contribution is 2.25. The van der Waals surface area contributed by atoms with E-state index < -0.39 is 0 Å². The van der Waals surface area contributed by atoms with Crippen LogP contribution in [0.2, 0.25) is 0 Å². The van der Waals surface area contributed by atoms with Crippen LogP contribution >= 0.6 is 0 Å². The molecule has 0 bridgehead atoms. The predicted octanol–water partition coefficient (Wildman–Crippen LogP) is 2.43. The van der Waals surface area contributed by atoms with Gasteiger partial charge in [-0.3, -0.25) is 0 Å². The van der Waals surface area contributed by atoms with Gasteiger partial charge in [0, 0.05) is 12.7 Å². The number of ether oxygens (including phenoxy) is 1. The Morgan fingerprint density at radius 2 is 2.05 bits per heavy atom. The zero-order chi connectivity index (χ0) is 13.9. The first-order valence-corrected chi connectivity index (χ1v) is 6.14. The molecule has 3 rings (SSSR count). The number of anilines is 2. The third kappa shape index (κ3) is 2.23. The predicted molar refractivity (Wildman–Crippen MR) is 76.5 cm³/mol. The Kier molecular flexibility index (Phi) is 3.12. The van der Waals surface area contributed by atoms with E-state index in [0.29, 0.717) is 23.5 Å². The van der Waals surface area contributed by atoms with Gasteiger partial charge in [-0.25, -0.2) is 4.98 Å². The number of nitrogen functional groups attached to an aromatic ring is 1. The van der Waals surface area contributed by atoms with Crippen LogP contribution in [0.5, 0.6) is 5.75 Å². The molecule has 0 aliphatic heterocycles. The van der Waals surface area contributed by atoms with Crippen molar-refractivity contribution in [2.75, 3.05) is 18.2 Å². The van der Waals surface area contributed by atoms with Gasteiger partial charge in [0.2, 0.25) is 5.58 Å². The largest absolute Gasteiger partial charge is 0.497 e. The molecule has 0 unspecified atom stereocenters. The van der Waals surface area contributed by atoms with Crippen molar-refractivity contribution < 1.29 is 9.26 Å². The SMILES string of the molecule is COc1ccc(CNc2ccnc3c(N)noc23)cc1. The lowest BCUT2D eigenvalue weighted by Gasteiger charge is -2.07. The molecule has 0 saturated heterocycles. The van der Waals surface area contributed by atoms with E-state index in [4.69, 9.17) is 15.0 Å². The molecule has 0 fully saturated rings. The lowest BCUT2D eigenvalue weighted by atomic mass is 10.2. The summed E-state index contributed by atoms with van der Waals surface area (Å²) in [6, 6.07) is 9.67. The van der Waals surface area contributed by atoms with E-state index in [9.17, 15) is 0 Å². The van der Waals surface area contributed by atoms with Crippen LogP contribution in [-0.2, 0) is 6.54 Å². The number of fused-ring (bicyclic) bond motifs is 1. The molecule has 3 aromatic rings. The molecule has 0 saturated carbocycles. The van der Waals surface area contributed by atoms with E-state index in [-0.39, 0.29) is 0 Å². The minimum Gasteiger partial charge on any atom is -0.497 e. The molecule has 0 radical (unpaired) electrons. The Hall–Kier alpha value is -2.76. The molecule has 6 heteroatoms. The number of benzene rings is 1. The van der Waals surface area contributed by atoms with E-state index in [1.54, 1.807) is 13.3 Å². The summed E-state index contributed by atoms with van der Waals surface area (Å²) in [4.78, 5) is 4.14. The third-order valence-electron chi connectivity index (χ3n) is 3.02. The Morgan fingerprint density at radius 3 is 2.80 bits per heavy atom. The maximum absolute atomic E-state index is 5.68. The smallest absolute Gasteiger partial charge is 0.210 e. The highest BCUT2D eigenvalue weighted by Gasteiger charge is 2.10. The zero-order valence-electron chi connectivity index (χ0n) is 11.0. The monoisotopic (exact) mass is 270 g/mol. The molecule has 0 aliphatic carbocycles. The number of aromatic nitrogens is 2. The van der Waals surface area contributed by atoms with Gasteiger partial charge in [0.15, 0.2) is 11.3 Å². The van der Waals surface area contributed by atoms with Crippen molar-refractivity contribution in [1.82, 2.24) is 10.1 Å². The van der Waals surface area contributed by atoms with Gasteiger partial charge in [-0.15, -0.1) is 0 Å². The lowest BCUT2D eigenvalue weighted by Crippen LogP contribution is -2.00. The second-order valence-corrected chi connectivity index (χ2v) is 4.31. The summed E-state index contributed by atoms with van der Waals surface area (Å²) >= 11 is 0. The van der Waals surface area contributed by atoms with Crippen molar-refractivity contribution >= 4 is 22.6 Å². The molecule has 0 aliphatic rings. The van der Waals surface area contributed by atoms with Crippen LogP contribution in [0.1, 0.15) is 5.56 Å². The van der Waals surface area contributed by atoms with Crippen LogP contribution in [0.25, 0.3) is 11.1 Å². The van der Waals surface area contributed by atoms with Crippen LogP contribution in [0.15, 0.2) is 41.1 Å². The van der Waals surface area contributed by atoms with Crippen LogP contribution in [0.3, 0.4) is 0 Å². The fraction of sp³-hybridized carbons (Fsp3) is 0.143. The number of hydrogen-bond donors (Lipinski definition) is 2. The third-order valence-corrected chi connectivity index (χ3v) is 3.02. The Bertz CT molecular complexity index is 722. The van der Waals surface area contributed by atoms with Gasteiger partial charge in [-0.1, -0.05) is 17.3 Å². The molecular formula is C14H14N4O2. The molecule has 2 heterocycles. The van der Waals surface area contributed by atoms with Gasteiger partial charge in [-0.05, 0) is 23.8 Å². The quantitative estimate of drug-likeness (QED) is 0.757. The summed E-state index contributed by atoms with van der Waals surface area (Å²) in [7, 11) is 1.65. The topological polar surface area (TPSA) is 86.2 Å². The minimum absolute atomic E-state index is 0.299. The number of pyridine rings is 1. The van der Waals surface area contributed by atoms with E-state index in [2.05, 4.69) is 15.5 Å². The molecule has 2 aromatic heterocycles. The first kappa shape index (κ1) is 12.3. The minimum atomic E-state index is 0.299. The summed E-state index contributed by atoms with van der Waals surface area (Å²) < 4.78 is 10.3. The van der Waals surface area contributed by atoms with Gasteiger partial charge >= 0.3 is 0 Å². The van der Waals surface area contributed by atoms with Crippen molar-refractivity contribution in [1.29, 1.82) is 0 Å². The molecule has 0 amide bonds. The van der Waals surface area contributed by atoms with E-state index in [1.165, 1.54) is 0 Å². The number of nitrogens with zero attached hydrogens (tertiary/aromatic N) is 2. The van der Waals surface area contributed by atoms with Gasteiger partial charge in [0.25, 0.3) is 0 Å². The molecule has 20 heavy (non-hydrogen) atoms. The Morgan fingerprint density at radius 1 is 1.25 bits per heavy atom. The van der Waals surface area contributed by atoms with Gasteiger partial charge in [0.05, 0.1) is 12.8 Å². The number of nitrogens with one attached hydrogen (secondary N) is 1.